The summed E-state index contributed by atoms with van der Waals surface area (Å²) in [6, 6.07) is 8.92. The normalized spacial score (nSPS) is 45.8. The van der Waals surface area contributed by atoms with Crippen LogP contribution in [0.4, 0.5) is 5.69 Å². The van der Waals surface area contributed by atoms with Gasteiger partial charge in [0.1, 0.15) is 0 Å². The predicted octanol–water partition coefficient (Wildman–Crippen LogP) is 5.13. The summed E-state index contributed by atoms with van der Waals surface area (Å²) in [4.78, 5) is 14.8. The van der Waals surface area contributed by atoms with E-state index in [1.54, 1.807) is 6.92 Å². The summed E-state index contributed by atoms with van der Waals surface area (Å²) in [5.41, 5.74) is 3.00. The first kappa shape index (κ1) is 18.7. The van der Waals surface area contributed by atoms with E-state index in [2.05, 4.69) is 56.9 Å². The highest BCUT2D eigenvalue weighted by molar-refractivity contribution is 5.95. The lowest BCUT2D eigenvalue weighted by atomic mass is 9.42. The maximum Gasteiger partial charge on any atom is 0.224 e. The van der Waals surface area contributed by atoms with Gasteiger partial charge >= 0.3 is 0 Å². The molecule has 3 nitrogen and oxygen atoms in total. The third kappa shape index (κ3) is 2.07. The fraction of sp³-hybridized carbons (Fsp3) is 0.720. The van der Waals surface area contributed by atoms with E-state index in [1.165, 1.54) is 18.4 Å². The monoisotopic (exact) mass is 381 g/mol. The van der Waals surface area contributed by atoms with Gasteiger partial charge in [-0.15, -0.1) is 0 Å². The van der Waals surface area contributed by atoms with Crippen molar-refractivity contribution in [3.8, 4) is 0 Å². The summed E-state index contributed by atoms with van der Waals surface area (Å²) in [5, 5.41) is 10.7. The molecule has 3 aliphatic carbocycles. The maximum atomic E-state index is 12.7. The van der Waals surface area contributed by atoms with Crippen LogP contribution in [0.1, 0.15) is 78.2 Å². The number of rotatable bonds is 0. The molecule has 3 saturated carbocycles. The van der Waals surface area contributed by atoms with Crippen LogP contribution in [0.15, 0.2) is 24.3 Å². The number of aliphatic hydroxyl groups is 1. The Kier molecular flexibility index (Phi) is 3.75. The van der Waals surface area contributed by atoms with Crippen LogP contribution in [0.2, 0.25) is 0 Å². The Morgan fingerprint density at radius 3 is 2.43 bits per heavy atom. The lowest BCUT2D eigenvalue weighted by molar-refractivity contribution is -0.164. The summed E-state index contributed by atoms with van der Waals surface area (Å²) < 4.78 is 0. The Labute approximate surface area is 169 Å². The highest BCUT2D eigenvalue weighted by Crippen LogP contribution is 2.73. The van der Waals surface area contributed by atoms with Gasteiger partial charge in [-0.2, -0.15) is 0 Å². The van der Waals surface area contributed by atoms with Crippen LogP contribution in [0, 0.1) is 28.1 Å². The van der Waals surface area contributed by atoms with Crippen molar-refractivity contribution in [3.63, 3.8) is 0 Å². The molecule has 7 atom stereocenters. The number of aliphatic hydroxyl groups excluding tert-OH is 1. The second-order valence-corrected chi connectivity index (χ2v) is 11.3. The minimum absolute atomic E-state index is 0.0236. The zero-order chi connectivity index (χ0) is 20.1. The van der Waals surface area contributed by atoms with E-state index < -0.39 is 0 Å². The largest absolute Gasteiger partial charge is 0.393 e. The molecule has 152 valence electrons. The second-order valence-electron chi connectivity index (χ2n) is 11.3. The van der Waals surface area contributed by atoms with E-state index >= 15 is 0 Å². The molecule has 1 aromatic rings. The quantitative estimate of drug-likeness (QED) is 0.677. The minimum Gasteiger partial charge on any atom is -0.393 e. The van der Waals surface area contributed by atoms with Crippen molar-refractivity contribution in [1.82, 2.24) is 0 Å². The molecular formula is C25H35NO2. The first-order valence-corrected chi connectivity index (χ1v) is 11.2. The van der Waals surface area contributed by atoms with E-state index in [1.807, 2.05) is 0 Å². The van der Waals surface area contributed by atoms with Crippen LogP contribution in [0.3, 0.4) is 0 Å². The van der Waals surface area contributed by atoms with Crippen molar-refractivity contribution < 1.29 is 9.90 Å². The van der Waals surface area contributed by atoms with E-state index in [-0.39, 0.29) is 28.3 Å². The summed E-state index contributed by atoms with van der Waals surface area (Å²) in [6.07, 6.45) is 5.34. The van der Waals surface area contributed by atoms with E-state index in [9.17, 15) is 9.90 Å². The summed E-state index contributed by atoms with van der Waals surface area (Å²) >= 11 is 0. The average Bonchev–Trinajstić information content (AvgIpc) is 3.12. The Balaban J connectivity index is 1.62. The van der Waals surface area contributed by atoms with E-state index in [0.717, 1.165) is 24.9 Å². The fourth-order valence-corrected chi connectivity index (χ4v) is 8.67. The van der Waals surface area contributed by atoms with Gasteiger partial charge in [-0.1, -0.05) is 45.9 Å². The molecule has 28 heavy (non-hydrogen) atoms. The Hall–Kier alpha value is -1.35. The van der Waals surface area contributed by atoms with Crippen LogP contribution < -0.4 is 4.90 Å². The molecule has 1 heterocycles. The highest BCUT2D eigenvalue weighted by atomic mass is 16.3. The molecular weight excluding hydrogens is 346 g/mol. The maximum absolute atomic E-state index is 12.7. The van der Waals surface area contributed by atoms with Gasteiger partial charge in [-0.05, 0) is 71.8 Å². The van der Waals surface area contributed by atoms with Gasteiger partial charge < -0.3 is 10.0 Å². The Bertz CT molecular complexity index is 832. The molecule has 1 amide bonds. The zero-order valence-corrected chi connectivity index (χ0v) is 18.0. The second kappa shape index (κ2) is 5.62. The molecule has 0 unspecified atom stereocenters. The Morgan fingerprint density at radius 2 is 1.71 bits per heavy atom. The van der Waals surface area contributed by atoms with Crippen molar-refractivity contribution >= 4 is 11.6 Å². The third-order valence-corrected chi connectivity index (χ3v) is 9.85. The fourth-order valence-electron chi connectivity index (χ4n) is 8.67. The first-order chi connectivity index (χ1) is 13.1. The number of hydrogen-bond acceptors (Lipinski definition) is 2. The molecule has 1 N–H and O–H groups in total. The van der Waals surface area contributed by atoms with Gasteiger partial charge in [0.2, 0.25) is 5.91 Å². The van der Waals surface area contributed by atoms with Gasteiger partial charge in [-0.3, -0.25) is 4.79 Å². The molecule has 5 rings (SSSR count). The molecule has 4 aliphatic rings. The number of amides is 1. The number of hydrogen-bond donors (Lipinski definition) is 1. The van der Waals surface area contributed by atoms with Gasteiger partial charge in [0, 0.05) is 24.6 Å². The Morgan fingerprint density at radius 1 is 1.04 bits per heavy atom. The van der Waals surface area contributed by atoms with Crippen molar-refractivity contribution in [1.29, 1.82) is 0 Å². The highest BCUT2D eigenvalue weighted by Gasteiger charge is 2.68. The van der Waals surface area contributed by atoms with Crippen LogP contribution >= 0.6 is 0 Å². The van der Waals surface area contributed by atoms with Crippen molar-refractivity contribution in [2.24, 2.45) is 28.1 Å². The number of fused-ring (bicyclic) bond motifs is 7. The zero-order valence-electron chi connectivity index (χ0n) is 18.0. The van der Waals surface area contributed by atoms with Gasteiger partial charge in [-0.25, -0.2) is 0 Å². The number of anilines is 1. The molecule has 3 fully saturated rings. The van der Waals surface area contributed by atoms with Gasteiger partial charge in [0.05, 0.1) is 6.10 Å². The number of carbonyl (C=O) groups excluding carboxylic acids is 1. The predicted molar refractivity (Wildman–Crippen MR) is 112 cm³/mol. The van der Waals surface area contributed by atoms with Crippen molar-refractivity contribution in [2.75, 3.05) is 4.90 Å². The van der Waals surface area contributed by atoms with Crippen LogP contribution in [0.25, 0.3) is 0 Å². The van der Waals surface area contributed by atoms with Crippen molar-refractivity contribution in [2.45, 2.75) is 84.8 Å². The number of nitrogens with zero attached hydrogens (tertiary/aromatic N) is 1. The molecule has 0 radical (unpaired) electrons. The molecule has 0 saturated heterocycles. The van der Waals surface area contributed by atoms with Crippen molar-refractivity contribution in [3.05, 3.63) is 29.8 Å². The average molecular weight is 382 g/mol. The topological polar surface area (TPSA) is 40.5 Å². The summed E-state index contributed by atoms with van der Waals surface area (Å²) in [5.74, 6) is 1.80. The molecule has 0 spiro atoms. The lowest BCUT2D eigenvalue weighted by Crippen LogP contribution is -2.57. The molecule has 1 aliphatic heterocycles. The van der Waals surface area contributed by atoms with E-state index in [4.69, 9.17) is 0 Å². The number of benzene rings is 1. The number of para-hydroxylation sites is 1. The van der Waals surface area contributed by atoms with Crippen LogP contribution in [0.5, 0.6) is 0 Å². The third-order valence-electron chi connectivity index (χ3n) is 9.85. The SMILES string of the molecule is CC(=O)N1c2ccccc2[C@H]2[C@@H]1C[C@@H]1[C@@]2(C)CC[C@H]2C(C)(C)[C@@H](O)CC[C@]12C. The number of carbonyl (C=O) groups is 1. The van der Waals surface area contributed by atoms with E-state index in [0.29, 0.717) is 23.8 Å². The minimum atomic E-state index is -0.190. The van der Waals surface area contributed by atoms with Crippen LogP contribution in [-0.2, 0) is 4.79 Å². The lowest BCUT2D eigenvalue weighted by Gasteiger charge is -2.62. The van der Waals surface area contributed by atoms with Gasteiger partial charge in [0.15, 0.2) is 0 Å². The summed E-state index contributed by atoms with van der Waals surface area (Å²) in [7, 11) is 0. The smallest absolute Gasteiger partial charge is 0.224 e. The first-order valence-electron chi connectivity index (χ1n) is 11.2. The standard InChI is InChI=1S/C25H35NO2/c1-15(27)26-17-9-7-6-8-16(17)22-18(26)14-20-24(4)13-11-21(28)23(2,3)19(24)10-12-25(20,22)5/h6-9,18-22,28H,10-14H2,1-5H3/t18-,19-,20-,21-,22-,24-,25+/m0/s1. The molecule has 3 heteroatoms. The van der Waals surface area contributed by atoms with Crippen LogP contribution in [-0.4, -0.2) is 23.2 Å². The molecule has 1 aromatic carbocycles. The molecule has 0 aromatic heterocycles. The summed E-state index contributed by atoms with van der Waals surface area (Å²) in [6.45, 7) is 11.3. The molecule has 0 bridgehead atoms. The van der Waals surface area contributed by atoms with Gasteiger partial charge in [0.25, 0.3) is 0 Å².